The SMILES string of the molecule is C.C.CC(C)C1CCC(C(C)(C)C)CC1.CC(C)C1CCN(C(C)(C)C)CC1. The minimum Gasteiger partial charge on any atom is -0.298 e. The molecule has 0 atom stereocenters. The van der Waals surface area contributed by atoms with Crippen LogP contribution in [0.3, 0.4) is 0 Å². The number of hydrogen-bond donors (Lipinski definition) is 0. The maximum Gasteiger partial charge on any atom is 0.0125 e. The number of hydrogen-bond acceptors (Lipinski definition) is 1. The predicted octanol–water partition coefficient (Wildman–Crippen LogP) is 8.92. The van der Waals surface area contributed by atoms with Crippen LogP contribution in [0.4, 0.5) is 0 Å². The average Bonchev–Trinajstić information content (AvgIpc) is 2.54. The van der Waals surface area contributed by atoms with Gasteiger partial charge in [0.1, 0.15) is 0 Å². The molecule has 1 aliphatic carbocycles. The van der Waals surface area contributed by atoms with Gasteiger partial charge in [0, 0.05) is 5.54 Å². The molecule has 2 fully saturated rings. The molecule has 1 heteroatoms. The monoisotopic (exact) mass is 397 g/mol. The van der Waals surface area contributed by atoms with Crippen LogP contribution in [-0.4, -0.2) is 23.5 Å². The van der Waals surface area contributed by atoms with Gasteiger partial charge in [0.05, 0.1) is 0 Å². The van der Waals surface area contributed by atoms with E-state index >= 15 is 0 Å². The van der Waals surface area contributed by atoms with Gasteiger partial charge in [0.15, 0.2) is 0 Å². The number of nitrogens with zero attached hydrogens (tertiary/aromatic N) is 1. The van der Waals surface area contributed by atoms with Crippen molar-refractivity contribution in [1.82, 2.24) is 4.90 Å². The summed E-state index contributed by atoms with van der Waals surface area (Å²) in [6.07, 6.45) is 8.67. The minimum absolute atomic E-state index is 0. The fourth-order valence-electron chi connectivity index (χ4n) is 4.89. The fourth-order valence-corrected chi connectivity index (χ4v) is 4.89. The minimum atomic E-state index is 0. The summed E-state index contributed by atoms with van der Waals surface area (Å²) in [6, 6.07) is 0. The third kappa shape index (κ3) is 10.1. The summed E-state index contributed by atoms with van der Waals surface area (Å²) in [5.74, 6) is 4.74. The van der Waals surface area contributed by atoms with E-state index in [1.54, 1.807) is 0 Å². The first-order valence-electron chi connectivity index (χ1n) is 11.6. The van der Waals surface area contributed by atoms with Crippen LogP contribution in [0.1, 0.15) is 123 Å². The van der Waals surface area contributed by atoms with E-state index in [0.717, 1.165) is 29.6 Å². The summed E-state index contributed by atoms with van der Waals surface area (Å²) < 4.78 is 0. The maximum absolute atomic E-state index is 2.62. The van der Waals surface area contributed by atoms with Crippen LogP contribution in [0.2, 0.25) is 0 Å². The molecule has 1 saturated carbocycles. The van der Waals surface area contributed by atoms with Crippen LogP contribution in [0.25, 0.3) is 0 Å². The van der Waals surface area contributed by atoms with Gasteiger partial charge < -0.3 is 0 Å². The van der Waals surface area contributed by atoms with E-state index in [0.29, 0.717) is 11.0 Å². The molecule has 28 heavy (non-hydrogen) atoms. The van der Waals surface area contributed by atoms with E-state index < -0.39 is 0 Å². The molecule has 0 bridgehead atoms. The molecule has 2 rings (SSSR count). The second-order valence-corrected chi connectivity index (χ2v) is 12.0. The second kappa shape index (κ2) is 12.6. The van der Waals surface area contributed by atoms with Crippen molar-refractivity contribution in [1.29, 1.82) is 0 Å². The highest BCUT2D eigenvalue weighted by Gasteiger charge is 2.30. The predicted molar refractivity (Wildman–Crippen MR) is 132 cm³/mol. The Morgan fingerprint density at radius 2 is 0.964 bits per heavy atom. The Kier molecular flexibility index (Phi) is 13.6. The summed E-state index contributed by atoms with van der Waals surface area (Å²) in [4.78, 5) is 2.62. The topological polar surface area (TPSA) is 3.24 Å². The first-order chi connectivity index (χ1) is 11.8. The first-order valence-corrected chi connectivity index (χ1v) is 11.6. The average molecular weight is 398 g/mol. The molecule has 0 aromatic heterocycles. The van der Waals surface area contributed by atoms with Crippen molar-refractivity contribution in [3.05, 3.63) is 0 Å². The lowest BCUT2D eigenvalue weighted by molar-refractivity contribution is 0.0754. The van der Waals surface area contributed by atoms with Crippen molar-refractivity contribution in [2.24, 2.45) is 35.0 Å². The van der Waals surface area contributed by atoms with Gasteiger partial charge in [0.2, 0.25) is 0 Å². The van der Waals surface area contributed by atoms with Gasteiger partial charge in [-0.15, -0.1) is 0 Å². The second-order valence-electron chi connectivity index (χ2n) is 12.0. The quantitative estimate of drug-likeness (QED) is 0.449. The first kappa shape index (κ1) is 30.2. The molecule has 0 amide bonds. The Labute approximate surface area is 181 Å². The van der Waals surface area contributed by atoms with Gasteiger partial charge in [-0.3, -0.25) is 4.90 Å². The molecule has 1 aliphatic heterocycles. The van der Waals surface area contributed by atoms with Crippen molar-refractivity contribution in [2.45, 2.75) is 128 Å². The molecule has 0 aromatic carbocycles. The molecule has 1 saturated heterocycles. The van der Waals surface area contributed by atoms with Crippen LogP contribution in [-0.2, 0) is 0 Å². The summed E-state index contributed by atoms with van der Waals surface area (Å²) >= 11 is 0. The van der Waals surface area contributed by atoms with Gasteiger partial charge in [-0.25, -0.2) is 0 Å². The third-order valence-corrected chi connectivity index (χ3v) is 7.37. The van der Waals surface area contributed by atoms with E-state index in [1.165, 1.54) is 51.6 Å². The zero-order chi connectivity index (χ0) is 20.1. The molecule has 2 aliphatic rings. The molecule has 0 N–H and O–H groups in total. The highest BCUT2D eigenvalue weighted by Crippen LogP contribution is 2.41. The van der Waals surface area contributed by atoms with Gasteiger partial charge >= 0.3 is 0 Å². The van der Waals surface area contributed by atoms with E-state index in [1.807, 2.05) is 0 Å². The van der Waals surface area contributed by atoms with E-state index in [4.69, 9.17) is 0 Å². The van der Waals surface area contributed by atoms with E-state index in [-0.39, 0.29) is 14.9 Å². The smallest absolute Gasteiger partial charge is 0.0125 e. The molecular weight excluding hydrogens is 338 g/mol. The lowest BCUT2D eigenvalue weighted by atomic mass is 9.68. The Morgan fingerprint density at radius 3 is 1.25 bits per heavy atom. The van der Waals surface area contributed by atoms with Crippen LogP contribution in [0.5, 0.6) is 0 Å². The highest BCUT2D eigenvalue weighted by molar-refractivity contribution is 4.83. The van der Waals surface area contributed by atoms with Gasteiger partial charge in [0.25, 0.3) is 0 Å². The lowest BCUT2D eigenvalue weighted by Gasteiger charge is -2.41. The van der Waals surface area contributed by atoms with Gasteiger partial charge in [-0.2, -0.15) is 0 Å². The third-order valence-electron chi connectivity index (χ3n) is 7.37. The van der Waals surface area contributed by atoms with Crippen LogP contribution in [0.15, 0.2) is 0 Å². The Hall–Kier alpha value is -0.0400. The molecule has 0 aromatic rings. The zero-order valence-electron chi connectivity index (χ0n) is 20.0. The number of likely N-dealkylation sites (tertiary alicyclic amines) is 1. The molecular formula is C27H59N. The van der Waals surface area contributed by atoms with E-state index in [2.05, 4.69) is 74.1 Å². The van der Waals surface area contributed by atoms with Crippen LogP contribution in [0, 0.1) is 35.0 Å². The summed E-state index contributed by atoms with van der Waals surface area (Å²) in [5, 5.41) is 0. The molecule has 0 unspecified atom stereocenters. The highest BCUT2D eigenvalue weighted by atomic mass is 15.2. The van der Waals surface area contributed by atoms with Crippen molar-refractivity contribution < 1.29 is 0 Å². The maximum atomic E-state index is 2.62. The Morgan fingerprint density at radius 1 is 0.607 bits per heavy atom. The fraction of sp³-hybridized carbons (Fsp3) is 1.00. The normalized spacial score (nSPS) is 24.9. The lowest BCUT2D eigenvalue weighted by Crippen LogP contribution is -2.46. The number of piperidine rings is 1. The van der Waals surface area contributed by atoms with Crippen molar-refractivity contribution in [3.8, 4) is 0 Å². The summed E-state index contributed by atoms with van der Waals surface area (Å²) in [6.45, 7) is 26.2. The largest absolute Gasteiger partial charge is 0.298 e. The van der Waals surface area contributed by atoms with Crippen LogP contribution < -0.4 is 0 Å². The Balaban J connectivity index is 0. The Bertz CT molecular complexity index is 328. The molecule has 1 nitrogen and oxygen atoms in total. The molecule has 0 radical (unpaired) electrons. The van der Waals surface area contributed by atoms with Gasteiger partial charge in [-0.1, -0.05) is 63.3 Å². The van der Waals surface area contributed by atoms with Crippen molar-refractivity contribution in [2.75, 3.05) is 13.1 Å². The van der Waals surface area contributed by atoms with Gasteiger partial charge in [-0.05, 0) is 107 Å². The summed E-state index contributed by atoms with van der Waals surface area (Å²) in [5.41, 5.74) is 0.921. The van der Waals surface area contributed by atoms with Crippen LogP contribution >= 0.6 is 0 Å². The van der Waals surface area contributed by atoms with E-state index in [9.17, 15) is 0 Å². The molecule has 1 heterocycles. The van der Waals surface area contributed by atoms with Crippen molar-refractivity contribution in [3.63, 3.8) is 0 Å². The van der Waals surface area contributed by atoms with Crippen molar-refractivity contribution >= 4 is 0 Å². The summed E-state index contributed by atoms with van der Waals surface area (Å²) in [7, 11) is 0. The standard InChI is InChI=1S/C13H26.C12H25N.2CH4/c1-10(2)11-6-8-12(9-7-11)13(3,4)5;1-10(2)11-6-8-13(9-7-11)12(3,4)5;;/h10-12H,6-9H2,1-5H3;10-11H,6-9H2,1-5H3;2*1H4. The molecule has 0 spiro atoms. The zero-order valence-corrected chi connectivity index (χ0v) is 20.0. The molecule has 172 valence electrons. The number of rotatable bonds is 2.